The van der Waals surface area contributed by atoms with Crippen molar-refractivity contribution >= 4 is 40.1 Å². The number of carboxylic acid groups (broad SMARTS) is 1. The highest BCUT2D eigenvalue weighted by atomic mass is 32.1. The molecule has 1 atom stereocenters. The molecule has 6 rings (SSSR count). The number of amides is 2. The summed E-state index contributed by atoms with van der Waals surface area (Å²) in [4.78, 5) is 50.0. The molecular formula is C33H30F2N4O4S. The number of carboxylic acids is 1. The van der Waals surface area contributed by atoms with Gasteiger partial charge in [0.1, 0.15) is 17.3 Å². The van der Waals surface area contributed by atoms with Crippen LogP contribution < -0.4 is 9.80 Å². The predicted octanol–water partition coefficient (Wildman–Crippen LogP) is 6.50. The Morgan fingerprint density at radius 2 is 1.84 bits per heavy atom. The standard InChI is InChI=1S/C33H30F2N4O4S/c34-23-10-13-25(21-9-14-27(36-19-21)38-15-5-4-8-28(38)40)26(18-23)30-31(35)44-33(37-30)39(24-11-12-24)32(43)22(17-29(41)42)16-20-6-2-1-3-7-20/h1-3,6-7,9-10,13-14,18-19,22,24H,4-5,8,11-12,15-17H2,(H,41,42). The quantitative estimate of drug-likeness (QED) is 0.218. The van der Waals surface area contributed by atoms with E-state index in [2.05, 4.69) is 9.97 Å². The van der Waals surface area contributed by atoms with Gasteiger partial charge in [-0.05, 0) is 67.5 Å². The molecule has 3 heterocycles. The lowest BCUT2D eigenvalue weighted by molar-refractivity contribution is -0.140. The molecule has 0 radical (unpaired) electrons. The van der Waals surface area contributed by atoms with Crippen molar-refractivity contribution in [3.8, 4) is 22.4 Å². The summed E-state index contributed by atoms with van der Waals surface area (Å²) in [5.41, 5.74) is 1.99. The molecule has 0 bridgehead atoms. The van der Waals surface area contributed by atoms with Gasteiger partial charge in [-0.3, -0.25) is 24.2 Å². The van der Waals surface area contributed by atoms with Crippen LogP contribution in [0.1, 0.15) is 44.1 Å². The summed E-state index contributed by atoms with van der Waals surface area (Å²) in [6.07, 6.45) is 5.01. The minimum atomic E-state index is -1.10. The zero-order chi connectivity index (χ0) is 30.8. The average Bonchev–Trinajstić information content (AvgIpc) is 3.78. The van der Waals surface area contributed by atoms with E-state index in [1.54, 1.807) is 23.2 Å². The smallest absolute Gasteiger partial charge is 0.304 e. The summed E-state index contributed by atoms with van der Waals surface area (Å²) in [5.74, 6) is -2.44. The summed E-state index contributed by atoms with van der Waals surface area (Å²) >= 11 is 0.685. The Balaban J connectivity index is 1.32. The molecule has 1 saturated heterocycles. The molecule has 1 N–H and O–H groups in total. The topological polar surface area (TPSA) is 104 Å². The third-order valence-corrected chi connectivity index (χ3v) is 8.76. The van der Waals surface area contributed by atoms with Crippen molar-refractivity contribution in [1.82, 2.24) is 9.97 Å². The van der Waals surface area contributed by atoms with E-state index in [0.717, 1.165) is 18.4 Å². The number of aliphatic carboxylic acids is 1. The second kappa shape index (κ2) is 12.6. The van der Waals surface area contributed by atoms with Crippen LogP contribution in [0.2, 0.25) is 0 Å². The van der Waals surface area contributed by atoms with E-state index < -0.39 is 28.7 Å². The van der Waals surface area contributed by atoms with Gasteiger partial charge in [0.25, 0.3) is 0 Å². The van der Waals surface area contributed by atoms with E-state index in [1.807, 2.05) is 30.3 Å². The number of hydrogen-bond acceptors (Lipinski definition) is 6. The van der Waals surface area contributed by atoms with Crippen LogP contribution in [0, 0.1) is 16.9 Å². The van der Waals surface area contributed by atoms with Crippen molar-refractivity contribution in [3.63, 3.8) is 0 Å². The van der Waals surface area contributed by atoms with Gasteiger partial charge >= 0.3 is 5.97 Å². The van der Waals surface area contributed by atoms with Crippen LogP contribution in [-0.2, 0) is 20.8 Å². The molecule has 1 aliphatic heterocycles. The number of pyridine rings is 1. The maximum Gasteiger partial charge on any atom is 0.304 e. The summed E-state index contributed by atoms with van der Waals surface area (Å²) in [6.45, 7) is 0.592. The van der Waals surface area contributed by atoms with Gasteiger partial charge < -0.3 is 5.11 Å². The zero-order valence-electron chi connectivity index (χ0n) is 23.8. The van der Waals surface area contributed by atoms with Gasteiger partial charge in [-0.1, -0.05) is 47.7 Å². The lowest BCUT2D eigenvalue weighted by Gasteiger charge is -2.25. The van der Waals surface area contributed by atoms with Crippen LogP contribution in [0.4, 0.5) is 19.7 Å². The van der Waals surface area contributed by atoms with E-state index in [9.17, 15) is 23.9 Å². The van der Waals surface area contributed by atoms with Crippen molar-refractivity contribution in [2.75, 3.05) is 16.3 Å². The largest absolute Gasteiger partial charge is 0.481 e. The molecule has 44 heavy (non-hydrogen) atoms. The first-order valence-corrected chi connectivity index (χ1v) is 15.4. The lowest BCUT2D eigenvalue weighted by Crippen LogP contribution is -2.39. The Labute approximate surface area is 257 Å². The Hall–Kier alpha value is -4.51. The summed E-state index contributed by atoms with van der Waals surface area (Å²) < 4.78 is 30.3. The Bertz CT molecular complexity index is 1690. The highest BCUT2D eigenvalue weighted by molar-refractivity contribution is 7.14. The number of benzene rings is 2. The Morgan fingerprint density at radius 3 is 2.52 bits per heavy atom. The maximum absolute atomic E-state index is 15.7. The average molecular weight is 617 g/mol. The lowest BCUT2D eigenvalue weighted by atomic mass is 9.94. The third-order valence-electron chi connectivity index (χ3n) is 7.92. The van der Waals surface area contributed by atoms with Crippen LogP contribution in [-0.4, -0.2) is 45.4 Å². The molecule has 2 amide bonds. The third kappa shape index (κ3) is 6.37. The van der Waals surface area contributed by atoms with Gasteiger partial charge in [0, 0.05) is 36.3 Å². The number of piperidine rings is 1. The van der Waals surface area contributed by atoms with Crippen LogP contribution in [0.15, 0.2) is 66.9 Å². The number of nitrogens with zero attached hydrogens (tertiary/aromatic N) is 4. The highest BCUT2D eigenvalue weighted by Crippen LogP contribution is 2.41. The van der Waals surface area contributed by atoms with Gasteiger partial charge in [-0.15, -0.1) is 0 Å². The second-order valence-corrected chi connectivity index (χ2v) is 12.1. The molecule has 226 valence electrons. The molecule has 8 nitrogen and oxygen atoms in total. The molecule has 1 saturated carbocycles. The first kappa shape index (κ1) is 29.6. The number of rotatable bonds is 10. The SMILES string of the molecule is O=C(O)CC(Cc1ccccc1)C(=O)N(c1nc(-c2cc(F)ccc2-c2ccc(N3CCCCC3=O)nc2)c(F)s1)C1CC1. The molecule has 2 aromatic carbocycles. The fourth-order valence-corrected chi connectivity index (χ4v) is 6.48. The van der Waals surface area contributed by atoms with Crippen LogP contribution in [0.5, 0.6) is 0 Å². The first-order chi connectivity index (χ1) is 21.3. The van der Waals surface area contributed by atoms with Gasteiger partial charge in [-0.25, -0.2) is 14.4 Å². The van der Waals surface area contributed by atoms with Crippen LogP contribution in [0.25, 0.3) is 22.4 Å². The predicted molar refractivity (Wildman–Crippen MR) is 163 cm³/mol. The van der Waals surface area contributed by atoms with Gasteiger partial charge in [0.2, 0.25) is 16.9 Å². The van der Waals surface area contributed by atoms with E-state index in [-0.39, 0.29) is 41.2 Å². The number of carbonyl (C=O) groups excluding carboxylic acids is 2. The van der Waals surface area contributed by atoms with Crippen molar-refractivity contribution in [1.29, 1.82) is 0 Å². The van der Waals surface area contributed by atoms with E-state index in [1.165, 1.54) is 23.1 Å². The van der Waals surface area contributed by atoms with Gasteiger partial charge in [0.15, 0.2) is 5.13 Å². The molecule has 1 aliphatic carbocycles. The van der Waals surface area contributed by atoms with Gasteiger partial charge in [0.05, 0.1) is 12.3 Å². The van der Waals surface area contributed by atoms with E-state index in [4.69, 9.17) is 0 Å². The van der Waals surface area contributed by atoms with Crippen molar-refractivity contribution in [2.45, 2.75) is 51.0 Å². The number of aromatic nitrogens is 2. The van der Waals surface area contributed by atoms with Crippen LogP contribution in [0.3, 0.4) is 0 Å². The summed E-state index contributed by atoms with van der Waals surface area (Å²) in [7, 11) is 0. The molecule has 4 aromatic rings. The molecule has 2 aromatic heterocycles. The van der Waals surface area contributed by atoms with Crippen molar-refractivity contribution in [2.24, 2.45) is 5.92 Å². The van der Waals surface area contributed by atoms with Crippen LogP contribution >= 0.6 is 11.3 Å². The normalized spacial score (nSPS) is 15.7. The minimum absolute atomic E-state index is 0.0140. The zero-order valence-corrected chi connectivity index (χ0v) is 24.6. The summed E-state index contributed by atoms with van der Waals surface area (Å²) in [6, 6.07) is 16.4. The van der Waals surface area contributed by atoms with Gasteiger partial charge in [-0.2, -0.15) is 4.39 Å². The maximum atomic E-state index is 15.7. The number of thiazole rings is 1. The molecule has 1 unspecified atom stereocenters. The molecular weight excluding hydrogens is 586 g/mol. The fourth-order valence-electron chi connectivity index (χ4n) is 5.59. The number of halogens is 2. The molecule has 2 fully saturated rings. The number of anilines is 2. The molecule has 0 spiro atoms. The van der Waals surface area contributed by atoms with E-state index in [0.29, 0.717) is 54.1 Å². The highest BCUT2D eigenvalue weighted by Gasteiger charge is 2.40. The van der Waals surface area contributed by atoms with E-state index >= 15 is 4.39 Å². The minimum Gasteiger partial charge on any atom is -0.481 e. The van der Waals surface area contributed by atoms with Crippen molar-refractivity contribution < 1.29 is 28.3 Å². The molecule has 2 aliphatic rings. The Kier molecular flexibility index (Phi) is 8.47. The Morgan fingerprint density at radius 1 is 1.05 bits per heavy atom. The molecule has 11 heteroatoms. The monoisotopic (exact) mass is 616 g/mol. The number of carbonyl (C=O) groups is 3. The fraction of sp³-hybridized carbons (Fsp3) is 0.303. The number of hydrogen-bond donors (Lipinski definition) is 1. The van der Waals surface area contributed by atoms with Crippen molar-refractivity contribution in [3.05, 3.63) is 83.4 Å². The summed E-state index contributed by atoms with van der Waals surface area (Å²) in [5, 5.41) is 9.00. The second-order valence-electron chi connectivity index (χ2n) is 11.1. The first-order valence-electron chi connectivity index (χ1n) is 14.6.